The number of aliphatic hydroxyl groups is 5. The van der Waals surface area contributed by atoms with Crippen LogP contribution in [0, 0.1) is 0 Å². The van der Waals surface area contributed by atoms with Gasteiger partial charge in [-0.05, 0) is 51.4 Å². The van der Waals surface area contributed by atoms with Crippen molar-refractivity contribution in [3.8, 4) is 0 Å². The second-order valence-corrected chi connectivity index (χ2v) is 19.7. The van der Waals surface area contributed by atoms with Gasteiger partial charge in [0.25, 0.3) is 0 Å². The standard InChI is InChI=1S/C57H107NO8/c1-3-5-7-9-10-11-12-13-14-15-16-17-18-19-20-21-22-23-24-25-26-27-28-29-30-31-32-33-34-35-36-37-38-39-40-41-42-43-45-47-53(61)58-50(51(60)46-44-8-6-4-2)49-65-57-56(64)55(63)54(62)52(48-59)66-57/h12-13,15-16,18-19,50-52,54-57,59-60,62-64H,3-11,14,17,20-49H2,1-2H3,(H,58,61)/b13-12-,16-15-,19-18-. The summed E-state index contributed by atoms with van der Waals surface area (Å²) >= 11 is 0. The zero-order valence-corrected chi connectivity index (χ0v) is 43.0. The summed E-state index contributed by atoms with van der Waals surface area (Å²) in [4.78, 5) is 12.9. The zero-order chi connectivity index (χ0) is 48.0. The molecule has 7 unspecified atom stereocenters. The fraction of sp³-hybridized carbons (Fsp3) is 0.877. The molecule has 1 saturated heterocycles. The summed E-state index contributed by atoms with van der Waals surface area (Å²) in [7, 11) is 0. The van der Waals surface area contributed by atoms with Crippen molar-refractivity contribution >= 4 is 5.91 Å². The van der Waals surface area contributed by atoms with Gasteiger partial charge in [-0.15, -0.1) is 0 Å². The molecule has 0 aromatic heterocycles. The van der Waals surface area contributed by atoms with Crippen LogP contribution in [0.25, 0.3) is 0 Å². The van der Waals surface area contributed by atoms with Crippen molar-refractivity contribution in [3.63, 3.8) is 0 Å². The third-order valence-electron chi connectivity index (χ3n) is 13.5. The van der Waals surface area contributed by atoms with E-state index in [1.54, 1.807) is 0 Å². The SMILES string of the molecule is CCCCCCC/C=C\C/C=C\C/C=C\CCCCCCCCCCCCCCCCCCCCCCCCCCC(=O)NC(COC1OC(CO)C(O)C(O)C1O)C(O)CCCCCC. The number of carbonyl (C=O) groups excluding carboxylic acids is 1. The Kier molecular flexibility index (Phi) is 44.6. The number of rotatable bonds is 48. The number of hydrogen-bond acceptors (Lipinski definition) is 8. The van der Waals surface area contributed by atoms with Gasteiger partial charge in [0.2, 0.25) is 5.91 Å². The summed E-state index contributed by atoms with van der Waals surface area (Å²) in [5, 5.41) is 53.8. The van der Waals surface area contributed by atoms with E-state index in [1.165, 1.54) is 180 Å². The average Bonchev–Trinajstić information content (AvgIpc) is 3.32. The molecule has 0 aromatic rings. The smallest absolute Gasteiger partial charge is 0.220 e. The van der Waals surface area contributed by atoms with Gasteiger partial charge in [0.15, 0.2) is 6.29 Å². The van der Waals surface area contributed by atoms with E-state index in [0.29, 0.717) is 12.8 Å². The number of unbranched alkanes of at least 4 members (excludes halogenated alkanes) is 32. The van der Waals surface area contributed by atoms with Crippen molar-refractivity contribution < 1.29 is 39.8 Å². The first-order valence-electron chi connectivity index (χ1n) is 28.2. The molecule has 1 fully saturated rings. The van der Waals surface area contributed by atoms with Crippen LogP contribution in [-0.4, -0.2) is 87.5 Å². The Bertz CT molecular complexity index is 1130. The Labute approximate surface area is 406 Å². The maximum atomic E-state index is 12.9. The van der Waals surface area contributed by atoms with E-state index >= 15 is 0 Å². The van der Waals surface area contributed by atoms with Gasteiger partial charge in [0.05, 0.1) is 25.4 Å². The lowest BCUT2D eigenvalue weighted by Gasteiger charge is -2.40. The summed E-state index contributed by atoms with van der Waals surface area (Å²) < 4.78 is 11.2. The van der Waals surface area contributed by atoms with E-state index in [0.717, 1.165) is 57.8 Å². The van der Waals surface area contributed by atoms with E-state index in [1.807, 2.05) is 0 Å². The number of aliphatic hydroxyl groups excluding tert-OH is 5. The van der Waals surface area contributed by atoms with Crippen LogP contribution in [0.2, 0.25) is 0 Å². The van der Waals surface area contributed by atoms with Crippen molar-refractivity contribution in [2.45, 2.75) is 307 Å². The van der Waals surface area contributed by atoms with Crippen molar-refractivity contribution in [2.24, 2.45) is 0 Å². The van der Waals surface area contributed by atoms with Crippen LogP contribution in [0.1, 0.15) is 264 Å². The van der Waals surface area contributed by atoms with Crippen LogP contribution >= 0.6 is 0 Å². The predicted molar refractivity (Wildman–Crippen MR) is 276 cm³/mol. The molecule has 0 bridgehead atoms. The average molecular weight is 934 g/mol. The number of allylic oxidation sites excluding steroid dienone is 6. The van der Waals surface area contributed by atoms with E-state index in [-0.39, 0.29) is 12.5 Å². The number of carbonyl (C=O) groups is 1. The summed E-state index contributed by atoms with van der Waals surface area (Å²) in [6.07, 6.45) is 54.3. The molecule has 6 N–H and O–H groups in total. The lowest BCUT2D eigenvalue weighted by atomic mass is 9.99. The van der Waals surface area contributed by atoms with Crippen molar-refractivity contribution in [1.82, 2.24) is 5.32 Å². The normalized spacial score (nSPS) is 20.0. The van der Waals surface area contributed by atoms with Crippen LogP contribution in [0.15, 0.2) is 36.5 Å². The Morgan fingerprint density at radius 3 is 1.32 bits per heavy atom. The number of amides is 1. The number of ether oxygens (including phenoxy) is 2. The van der Waals surface area contributed by atoms with Crippen LogP contribution in [0.3, 0.4) is 0 Å². The van der Waals surface area contributed by atoms with Crippen molar-refractivity contribution in [2.75, 3.05) is 13.2 Å². The molecule has 388 valence electrons. The van der Waals surface area contributed by atoms with E-state index < -0.39 is 49.5 Å². The highest BCUT2D eigenvalue weighted by Crippen LogP contribution is 2.23. The first-order chi connectivity index (χ1) is 32.3. The monoisotopic (exact) mass is 934 g/mol. The van der Waals surface area contributed by atoms with Gasteiger partial charge in [-0.1, -0.05) is 243 Å². The topological polar surface area (TPSA) is 149 Å². The Hall–Kier alpha value is -1.59. The number of nitrogens with one attached hydrogen (secondary N) is 1. The molecule has 0 aliphatic carbocycles. The second kappa shape index (κ2) is 47.1. The van der Waals surface area contributed by atoms with Crippen molar-refractivity contribution in [1.29, 1.82) is 0 Å². The molecule has 1 aliphatic rings. The molecule has 9 nitrogen and oxygen atoms in total. The van der Waals surface area contributed by atoms with Crippen LogP contribution < -0.4 is 5.32 Å². The van der Waals surface area contributed by atoms with Crippen LogP contribution in [-0.2, 0) is 14.3 Å². The Morgan fingerprint density at radius 1 is 0.515 bits per heavy atom. The minimum absolute atomic E-state index is 0.138. The van der Waals surface area contributed by atoms with Gasteiger partial charge >= 0.3 is 0 Å². The molecular weight excluding hydrogens is 827 g/mol. The van der Waals surface area contributed by atoms with Crippen molar-refractivity contribution in [3.05, 3.63) is 36.5 Å². The molecule has 0 aromatic carbocycles. The summed E-state index contributed by atoms with van der Waals surface area (Å²) in [6, 6.07) is -0.712. The quantitative estimate of drug-likeness (QED) is 0.0261. The zero-order valence-electron chi connectivity index (χ0n) is 43.0. The van der Waals surface area contributed by atoms with E-state index in [9.17, 15) is 30.3 Å². The molecule has 1 rings (SSSR count). The predicted octanol–water partition coefficient (Wildman–Crippen LogP) is 13.6. The second-order valence-electron chi connectivity index (χ2n) is 19.7. The maximum Gasteiger partial charge on any atom is 0.220 e. The molecule has 0 spiro atoms. The molecule has 1 amide bonds. The summed E-state index contributed by atoms with van der Waals surface area (Å²) in [5.41, 5.74) is 0. The van der Waals surface area contributed by atoms with Gasteiger partial charge in [-0.25, -0.2) is 0 Å². The molecule has 9 heteroatoms. The highest BCUT2D eigenvalue weighted by molar-refractivity contribution is 5.76. The summed E-state index contributed by atoms with van der Waals surface area (Å²) in [5.74, 6) is -0.150. The molecule has 1 aliphatic heterocycles. The molecule has 0 saturated carbocycles. The van der Waals surface area contributed by atoms with E-state index in [2.05, 4.69) is 55.6 Å². The molecule has 66 heavy (non-hydrogen) atoms. The lowest BCUT2D eigenvalue weighted by molar-refractivity contribution is -0.302. The minimum atomic E-state index is -1.55. The fourth-order valence-corrected chi connectivity index (χ4v) is 8.99. The summed E-state index contributed by atoms with van der Waals surface area (Å²) in [6.45, 7) is 3.71. The minimum Gasteiger partial charge on any atom is -0.394 e. The largest absolute Gasteiger partial charge is 0.394 e. The highest BCUT2D eigenvalue weighted by atomic mass is 16.7. The van der Waals surface area contributed by atoms with Gasteiger partial charge < -0.3 is 40.3 Å². The van der Waals surface area contributed by atoms with Gasteiger partial charge in [-0.3, -0.25) is 4.79 Å². The van der Waals surface area contributed by atoms with Gasteiger partial charge in [0, 0.05) is 6.42 Å². The molecular formula is C57H107NO8. The molecule has 7 atom stereocenters. The first-order valence-corrected chi connectivity index (χ1v) is 28.2. The number of hydrogen-bond donors (Lipinski definition) is 6. The third-order valence-corrected chi connectivity index (χ3v) is 13.5. The molecule has 0 radical (unpaired) electrons. The highest BCUT2D eigenvalue weighted by Gasteiger charge is 2.44. The van der Waals surface area contributed by atoms with Crippen LogP contribution in [0.4, 0.5) is 0 Å². The fourth-order valence-electron chi connectivity index (χ4n) is 8.99. The Morgan fingerprint density at radius 2 is 0.894 bits per heavy atom. The molecule has 1 heterocycles. The van der Waals surface area contributed by atoms with Crippen LogP contribution in [0.5, 0.6) is 0 Å². The van der Waals surface area contributed by atoms with E-state index in [4.69, 9.17) is 9.47 Å². The van der Waals surface area contributed by atoms with Gasteiger partial charge in [0.1, 0.15) is 24.4 Å². The Balaban J connectivity index is 1.91. The van der Waals surface area contributed by atoms with Gasteiger partial charge in [-0.2, -0.15) is 0 Å². The maximum absolute atomic E-state index is 12.9. The third kappa shape index (κ3) is 36.4. The lowest BCUT2D eigenvalue weighted by Crippen LogP contribution is -2.60. The first kappa shape index (κ1) is 62.4.